The Labute approximate surface area is 86.7 Å². The first-order valence-electron chi connectivity index (χ1n) is 4.43. The molecule has 0 aliphatic rings. The first-order valence-corrected chi connectivity index (χ1v) is 4.43. The highest BCUT2D eigenvalue weighted by atomic mass is 19.1. The molecule has 1 aromatic heterocycles. The van der Waals surface area contributed by atoms with Crippen molar-refractivity contribution in [3.8, 4) is 6.07 Å². The van der Waals surface area contributed by atoms with Gasteiger partial charge in [-0.3, -0.25) is 4.79 Å². The smallest absolute Gasteiger partial charge is 0.270 e. The molecule has 0 aromatic carbocycles. The molecule has 5 heteroatoms. The number of pyridine rings is 1. The van der Waals surface area contributed by atoms with E-state index in [1.807, 2.05) is 6.07 Å². The molecule has 0 bridgehead atoms. The lowest BCUT2D eigenvalue weighted by Crippen LogP contribution is -2.32. The number of amides is 1. The molecule has 1 aromatic rings. The van der Waals surface area contributed by atoms with E-state index in [1.54, 1.807) is 6.92 Å². The van der Waals surface area contributed by atoms with Crippen LogP contribution in [0.3, 0.4) is 0 Å². The number of hydrogen-bond donors (Lipinski definition) is 1. The number of rotatable bonds is 3. The van der Waals surface area contributed by atoms with Crippen LogP contribution in [0, 0.1) is 17.1 Å². The van der Waals surface area contributed by atoms with Crippen LogP contribution in [0.15, 0.2) is 18.3 Å². The molecule has 0 saturated heterocycles. The number of halogens is 1. The number of carbonyl (C=O) groups is 1. The zero-order valence-electron chi connectivity index (χ0n) is 8.20. The molecule has 1 heterocycles. The second-order valence-electron chi connectivity index (χ2n) is 3.10. The Bertz CT molecular complexity index is 383. The minimum absolute atomic E-state index is 0.140. The van der Waals surface area contributed by atoms with E-state index in [-0.39, 0.29) is 18.2 Å². The van der Waals surface area contributed by atoms with Crippen LogP contribution in [-0.4, -0.2) is 16.9 Å². The van der Waals surface area contributed by atoms with E-state index in [9.17, 15) is 9.18 Å². The number of aromatic nitrogens is 1. The Morgan fingerprint density at radius 2 is 2.47 bits per heavy atom. The van der Waals surface area contributed by atoms with Gasteiger partial charge in [0, 0.05) is 6.04 Å². The first kappa shape index (κ1) is 11.1. The molecule has 1 amide bonds. The van der Waals surface area contributed by atoms with Gasteiger partial charge in [-0.25, -0.2) is 9.37 Å². The molecule has 78 valence electrons. The summed E-state index contributed by atoms with van der Waals surface area (Å²) in [4.78, 5) is 15.1. The van der Waals surface area contributed by atoms with Crippen molar-refractivity contribution in [3.63, 3.8) is 0 Å². The second kappa shape index (κ2) is 5.05. The van der Waals surface area contributed by atoms with Crippen molar-refractivity contribution in [2.75, 3.05) is 0 Å². The van der Waals surface area contributed by atoms with Crippen molar-refractivity contribution >= 4 is 5.91 Å². The standard InChI is InChI=1S/C10H10FN3O/c1-7(4-5-12)14-10(15)9-3-2-8(11)6-13-9/h2-3,6-7H,4H2,1H3,(H,14,15). The molecule has 0 aliphatic carbocycles. The number of nitrogens with one attached hydrogen (secondary N) is 1. The van der Waals surface area contributed by atoms with Crippen molar-refractivity contribution in [1.29, 1.82) is 5.26 Å². The summed E-state index contributed by atoms with van der Waals surface area (Å²) in [6, 6.07) is 4.16. The minimum atomic E-state index is -0.489. The molecule has 0 spiro atoms. The summed E-state index contributed by atoms with van der Waals surface area (Å²) in [7, 11) is 0. The highest BCUT2D eigenvalue weighted by Gasteiger charge is 2.10. The summed E-state index contributed by atoms with van der Waals surface area (Å²) in [6.45, 7) is 1.71. The van der Waals surface area contributed by atoms with Gasteiger partial charge in [0.1, 0.15) is 11.5 Å². The van der Waals surface area contributed by atoms with Crippen LogP contribution in [0.2, 0.25) is 0 Å². The minimum Gasteiger partial charge on any atom is -0.347 e. The van der Waals surface area contributed by atoms with E-state index in [2.05, 4.69) is 10.3 Å². The molecule has 15 heavy (non-hydrogen) atoms. The second-order valence-corrected chi connectivity index (χ2v) is 3.10. The van der Waals surface area contributed by atoms with Crippen LogP contribution in [0.1, 0.15) is 23.8 Å². The third-order valence-corrected chi connectivity index (χ3v) is 1.73. The van der Waals surface area contributed by atoms with Gasteiger partial charge in [0.2, 0.25) is 0 Å². The molecular weight excluding hydrogens is 197 g/mol. The van der Waals surface area contributed by atoms with Gasteiger partial charge in [0.25, 0.3) is 5.91 Å². The van der Waals surface area contributed by atoms with Crippen molar-refractivity contribution < 1.29 is 9.18 Å². The first-order chi connectivity index (χ1) is 7.13. The van der Waals surface area contributed by atoms with Crippen LogP contribution in [0.4, 0.5) is 4.39 Å². The molecule has 0 saturated carbocycles. The molecule has 0 aliphatic heterocycles. The average Bonchev–Trinajstić information content (AvgIpc) is 2.18. The topological polar surface area (TPSA) is 65.8 Å². The fourth-order valence-electron chi connectivity index (χ4n) is 0.996. The predicted molar refractivity (Wildman–Crippen MR) is 51.4 cm³/mol. The summed E-state index contributed by atoms with van der Waals surface area (Å²) in [5, 5.41) is 11.0. The molecule has 4 nitrogen and oxygen atoms in total. The monoisotopic (exact) mass is 207 g/mol. The Kier molecular flexibility index (Phi) is 3.75. The summed E-state index contributed by atoms with van der Waals surface area (Å²) in [6.07, 6.45) is 1.21. The maximum Gasteiger partial charge on any atom is 0.270 e. The number of carbonyl (C=O) groups excluding carboxylic acids is 1. The number of nitriles is 1. The van der Waals surface area contributed by atoms with Gasteiger partial charge in [-0.15, -0.1) is 0 Å². The molecule has 1 unspecified atom stereocenters. The highest BCUT2D eigenvalue weighted by Crippen LogP contribution is 1.99. The van der Waals surface area contributed by atoms with Gasteiger partial charge in [-0.2, -0.15) is 5.26 Å². The lowest BCUT2D eigenvalue weighted by molar-refractivity contribution is 0.0935. The van der Waals surface area contributed by atoms with E-state index >= 15 is 0 Å². The molecule has 0 radical (unpaired) electrons. The van der Waals surface area contributed by atoms with E-state index in [4.69, 9.17) is 5.26 Å². The normalized spacial score (nSPS) is 11.5. The van der Waals surface area contributed by atoms with Gasteiger partial charge >= 0.3 is 0 Å². The summed E-state index contributed by atoms with van der Waals surface area (Å²) >= 11 is 0. The fraction of sp³-hybridized carbons (Fsp3) is 0.300. The van der Waals surface area contributed by atoms with Crippen LogP contribution < -0.4 is 5.32 Å². The largest absolute Gasteiger partial charge is 0.347 e. The Morgan fingerprint density at radius 3 is 3.00 bits per heavy atom. The highest BCUT2D eigenvalue weighted by molar-refractivity contribution is 5.92. The van der Waals surface area contributed by atoms with Crippen molar-refractivity contribution in [3.05, 3.63) is 29.8 Å². The molecule has 1 atom stereocenters. The third-order valence-electron chi connectivity index (χ3n) is 1.73. The van der Waals surface area contributed by atoms with Crippen molar-refractivity contribution in [2.45, 2.75) is 19.4 Å². The van der Waals surface area contributed by atoms with Crippen molar-refractivity contribution in [2.24, 2.45) is 0 Å². The molecular formula is C10H10FN3O. The SMILES string of the molecule is CC(CC#N)NC(=O)c1ccc(F)cn1. The Balaban J connectivity index is 2.62. The maximum atomic E-state index is 12.5. The number of nitrogens with zero attached hydrogens (tertiary/aromatic N) is 2. The van der Waals surface area contributed by atoms with E-state index in [0.29, 0.717) is 0 Å². The van der Waals surface area contributed by atoms with Gasteiger partial charge in [-0.05, 0) is 19.1 Å². The average molecular weight is 207 g/mol. The molecule has 1 rings (SSSR count). The summed E-state index contributed by atoms with van der Waals surface area (Å²) in [5.74, 6) is -0.894. The number of hydrogen-bond acceptors (Lipinski definition) is 3. The van der Waals surface area contributed by atoms with E-state index in [0.717, 1.165) is 12.3 Å². The zero-order chi connectivity index (χ0) is 11.3. The summed E-state index contributed by atoms with van der Waals surface area (Å²) in [5.41, 5.74) is 0.140. The van der Waals surface area contributed by atoms with Crippen molar-refractivity contribution in [1.82, 2.24) is 10.3 Å². The van der Waals surface area contributed by atoms with Crippen LogP contribution in [0.5, 0.6) is 0 Å². The zero-order valence-corrected chi connectivity index (χ0v) is 8.20. The Morgan fingerprint density at radius 1 is 1.73 bits per heavy atom. The van der Waals surface area contributed by atoms with Crippen LogP contribution in [0.25, 0.3) is 0 Å². The van der Waals surface area contributed by atoms with E-state index < -0.39 is 11.7 Å². The van der Waals surface area contributed by atoms with Gasteiger partial charge < -0.3 is 5.32 Å². The lowest BCUT2D eigenvalue weighted by Gasteiger charge is -2.09. The molecule has 1 N–H and O–H groups in total. The third kappa shape index (κ3) is 3.35. The fourth-order valence-corrected chi connectivity index (χ4v) is 0.996. The molecule has 0 fully saturated rings. The van der Waals surface area contributed by atoms with Crippen LogP contribution >= 0.6 is 0 Å². The van der Waals surface area contributed by atoms with E-state index in [1.165, 1.54) is 6.07 Å². The lowest BCUT2D eigenvalue weighted by atomic mass is 10.2. The quantitative estimate of drug-likeness (QED) is 0.811. The predicted octanol–water partition coefficient (Wildman–Crippen LogP) is 1.25. The van der Waals surface area contributed by atoms with Gasteiger partial charge in [0.15, 0.2) is 0 Å². The maximum absolute atomic E-state index is 12.5. The Hall–Kier alpha value is -1.96. The van der Waals surface area contributed by atoms with Gasteiger partial charge in [-0.1, -0.05) is 0 Å². The van der Waals surface area contributed by atoms with Gasteiger partial charge in [0.05, 0.1) is 18.7 Å². The van der Waals surface area contributed by atoms with Crippen LogP contribution in [-0.2, 0) is 0 Å². The summed E-state index contributed by atoms with van der Waals surface area (Å²) < 4.78 is 12.5.